The minimum absolute atomic E-state index is 0.337. The number of ether oxygens (including phenoxy) is 1. The van der Waals surface area contributed by atoms with Crippen LogP contribution in [0.3, 0.4) is 0 Å². The molecule has 5 heteroatoms. The van der Waals surface area contributed by atoms with Crippen LogP contribution in [-0.2, 0) is 4.74 Å². The van der Waals surface area contributed by atoms with Gasteiger partial charge in [0, 0.05) is 12.6 Å². The molecule has 0 spiro atoms. The predicted octanol–water partition coefficient (Wildman–Crippen LogP) is 3.96. The molecule has 2 aromatic heterocycles. The van der Waals surface area contributed by atoms with Gasteiger partial charge in [0.15, 0.2) is 5.65 Å². The van der Waals surface area contributed by atoms with E-state index in [9.17, 15) is 4.79 Å². The zero-order valence-electron chi connectivity index (χ0n) is 15.0. The van der Waals surface area contributed by atoms with E-state index >= 15 is 0 Å². The number of imidazole rings is 1. The molecule has 1 aliphatic rings. The lowest BCUT2D eigenvalue weighted by Gasteiger charge is -2.36. The van der Waals surface area contributed by atoms with Crippen LogP contribution in [0, 0.1) is 6.92 Å². The van der Waals surface area contributed by atoms with Gasteiger partial charge in [-0.05, 0) is 56.9 Å². The molecule has 1 saturated heterocycles. The lowest BCUT2D eigenvalue weighted by atomic mass is 10.0. The summed E-state index contributed by atoms with van der Waals surface area (Å²) in [6, 6.07) is 10.6. The number of hydrogen-bond donors (Lipinski definition) is 0. The highest BCUT2D eigenvalue weighted by atomic mass is 16.5. The highest BCUT2D eigenvalue weighted by Crippen LogP contribution is 2.32. The summed E-state index contributed by atoms with van der Waals surface area (Å²) in [5, 5.41) is 0. The molecule has 0 aliphatic carbocycles. The molecule has 3 aromatic rings. The van der Waals surface area contributed by atoms with Gasteiger partial charge in [0.2, 0.25) is 0 Å². The SMILES string of the molecule is COC(=O)c1c(C)cc(N2CCCCC2C)n2c1nc1ccccc12. The van der Waals surface area contributed by atoms with Crippen LogP contribution in [0.2, 0.25) is 0 Å². The molecule has 1 atom stereocenters. The second-order valence-electron chi connectivity index (χ2n) is 6.85. The minimum Gasteiger partial charge on any atom is -0.465 e. The van der Waals surface area contributed by atoms with Crippen molar-refractivity contribution in [1.29, 1.82) is 0 Å². The van der Waals surface area contributed by atoms with Crippen molar-refractivity contribution in [2.75, 3.05) is 18.6 Å². The molecule has 0 N–H and O–H groups in total. The molecule has 5 nitrogen and oxygen atoms in total. The number of carbonyl (C=O) groups excluding carboxylic acids is 1. The summed E-state index contributed by atoms with van der Waals surface area (Å²) in [7, 11) is 1.42. The number of pyridine rings is 1. The molecule has 0 bridgehead atoms. The van der Waals surface area contributed by atoms with Crippen molar-refractivity contribution in [3.05, 3.63) is 41.5 Å². The van der Waals surface area contributed by atoms with Crippen LogP contribution >= 0.6 is 0 Å². The van der Waals surface area contributed by atoms with E-state index in [1.54, 1.807) is 0 Å². The monoisotopic (exact) mass is 337 g/mol. The number of rotatable bonds is 2. The van der Waals surface area contributed by atoms with E-state index < -0.39 is 0 Å². The first-order valence-electron chi connectivity index (χ1n) is 8.87. The van der Waals surface area contributed by atoms with Gasteiger partial charge in [0.1, 0.15) is 11.4 Å². The van der Waals surface area contributed by atoms with Gasteiger partial charge in [-0.25, -0.2) is 9.78 Å². The Morgan fingerprint density at radius 3 is 2.84 bits per heavy atom. The number of para-hydroxylation sites is 2. The Hall–Kier alpha value is -2.56. The number of aromatic nitrogens is 2. The number of fused-ring (bicyclic) bond motifs is 3. The van der Waals surface area contributed by atoms with Crippen LogP contribution in [0.4, 0.5) is 5.82 Å². The van der Waals surface area contributed by atoms with Crippen LogP contribution in [0.15, 0.2) is 30.3 Å². The number of hydrogen-bond acceptors (Lipinski definition) is 4. The highest BCUT2D eigenvalue weighted by molar-refractivity contribution is 6.00. The molecule has 130 valence electrons. The molecular weight excluding hydrogens is 314 g/mol. The molecule has 0 amide bonds. The van der Waals surface area contributed by atoms with E-state index in [1.807, 2.05) is 25.1 Å². The Balaban J connectivity index is 2.08. The summed E-state index contributed by atoms with van der Waals surface area (Å²) in [5.41, 5.74) is 4.05. The van der Waals surface area contributed by atoms with Crippen LogP contribution in [-0.4, -0.2) is 35.1 Å². The maximum absolute atomic E-state index is 12.4. The normalized spacial score (nSPS) is 18.0. The van der Waals surface area contributed by atoms with E-state index in [0.717, 1.165) is 29.0 Å². The summed E-state index contributed by atoms with van der Waals surface area (Å²) in [4.78, 5) is 19.6. The van der Waals surface area contributed by atoms with Crippen LogP contribution in [0.25, 0.3) is 16.7 Å². The Bertz CT molecular complexity index is 960. The molecule has 0 saturated carbocycles. The Labute approximate surface area is 147 Å². The lowest BCUT2D eigenvalue weighted by molar-refractivity contribution is 0.0601. The number of carbonyl (C=O) groups is 1. The second-order valence-corrected chi connectivity index (χ2v) is 6.85. The molecular formula is C20H23N3O2. The largest absolute Gasteiger partial charge is 0.465 e. The number of benzene rings is 1. The van der Waals surface area contributed by atoms with Gasteiger partial charge in [0.05, 0.1) is 18.1 Å². The molecule has 3 heterocycles. The number of esters is 1. The average molecular weight is 337 g/mol. The Kier molecular flexibility index (Phi) is 3.86. The number of nitrogens with zero attached hydrogens (tertiary/aromatic N) is 3. The summed E-state index contributed by atoms with van der Waals surface area (Å²) >= 11 is 0. The van der Waals surface area contributed by atoms with Crippen molar-refractivity contribution in [1.82, 2.24) is 9.38 Å². The number of piperidine rings is 1. The van der Waals surface area contributed by atoms with Crippen molar-refractivity contribution in [3.8, 4) is 0 Å². The topological polar surface area (TPSA) is 46.8 Å². The fraction of sp³-hybridized carbons (Fsp3) is 0.400. The molecule has 1 aromatic carbocycles. The van der Waals surface area contributed by atoms with Gasteiger partial charge in [-0.15, -0.1) is 0 Å². The van der Waals surface area contributed by atoms with Crippen molar-refractivity contribution in [2.24, 2.45) is 0 Å². The van der Waals surface area contributed by atoms with Gasteiger partial charge >= 0.3 is 5.97 Å². The van der Waals surface area contributed by atoms with Gasteiger partial charge in [-0.3, -0.25) is 4.40 Å². The first kappa shape index (κ1) is 15.9. The number of methoxy groups -OCH3 is 1. The second kappa shape index (κ2) is 6.06. The molecule has 25 heavy (non-hydrogen) atoms. The van der Waals surface area contributed by atoms with Crippen molar-refractivity contribution in [3.63, 3.8) is 0 Å². The summed E-state index contributed by atoms with van der Waals surface area (Å²) in [6.07, 6.45) is 3.65. The van der Waals surface area contributed by atoms with Gasteiger partial charge < -0.3 is 9.64 Å². The summed E-state index contributed by atoms with van der Waals surface area (Å²) in [5.74, 6) is 0.775. The van der Waals surface area contributed by atoms with E-state index in [4.69, 9.17) is 9.72 Å². The minimum atomic E-state index is -0.337. The fourth-order valence-electron chi connectivity index (χ4n) is 3.94. The third kappa shape index (κ3) is 2.46. The smallest absolute Gasteiger partial charge is 0.341 e. The molecule has 4 rings (SSSR count). The van der Waals surface area contributed by atoms with Gasteiger partial charge in [-0.1, -0.05) is 12.1 Å². The molecule has 1 aliphatic heterocycles. The molecule has 1 fully saturated rings. The standard InChI is InChI=1S/C20H23N3O2/c1-13-12-17(22-11-7-6-8-14(22)2)23-16-10-5-4-9-15(16)21-19(23)18(13)20(24)25-3/h4-5,9-10,12,14H,6-8,11H2,1-3H3. The highest BCUT2D eigenvalue weighted by Gasteiger charge is 2.26. The summed E-state index contributed by atoms with van der Waals surface area (Å²) in [6.45, 7) is 5.26. The summed E-state index contributed by atoms with van der Waals surface area (Å²) < 4.78 is 7.14. The van der Waals surface area contributed by atoms with Crippen LogP contribution in [0.1, 0.15) is 42.1 Å². The number of anilines is 1. The first-order chi connectivity index (χ1) is 12.1. The lowest BCUT2D eigenvalue weighted by Crippen LogP contribution is -2.38. The predicted molar refractivity (Wildman–Crippen MR) is 99.4 cm³/mol. The van der Waals surface area contributed by atoms with E-state index in [-0.39, 0.29) is 5.97 Å². The molecule has 0 radical (unpaired) electrons. The zero-order chi connectivity index (χ0) is 17.6. The van der Waals surface area contributed by atoms with E-state index in [1.165, 1.54) is 26.4 Å². The van der Waals surface area contributed by atoms with E-state index in [0.29, 0.717) is 17.3 Å². The maximum Gasteiger partial charge on any atom is 0.341 e. The Morgan fingerprint density at radius 1 is 1.28 bits per heavy atom. The number of aryl methyl sites for hydroxylation is 1. The third-order valence-electron chi connectivity index (χ3n) is 5.24. The van der Waals surface area contributed by atoms with Gasteiger partial charge in [-0.2, -0.15) is 0 Å². The fourth-order valence-corrected chi connectivity index (χ4v) is 3.94. The molecule has 1 unspecified atom stereocenters. The first-order valence-corrected chi connectivity index (χ1v) is 8.87. The van der Waals surface area contributed by atoms with Gasteiger partial charge in [0.25, 0.3) is 0 Å². The Morgan fingerprint density at radius 2 is 2.08 bits per heavy atom. The third-order valence-corrected chi connectivity index (χ3v) is 5.24. The van der Waals surface area contributed by atoms with Crippen molar-refractivity contribution >= 4 is 28.5 Å². The van der Waals surface area contributed by atoms with Crippen molar-refractivity contribution in [2.45, 2.75) is 39.2 Å². The van der Waals surface area contributed by atoms with Crippen molar-refractivity contribution < 1.29 is 9.53 Å². The van der Waals surface area contributed by atoms with E-state index in [2.05, 4.69) is 28.4 Å². The van der Waals surface area contributed by atoms with Crippen LogP contribution in [0.5, 0.6) is 0 Å². The van der Waals surface area contributed by atoms with Crippen LogP contribution < -0.4 is 4.90 Å². The quantitative estimate of drug-likeness (QED) is 0.664. The zero-order valence-corrected chi connectivity index (χ0v) is 15.0. The average Bonchev–Trinajstić information content (AvgIpc) is 3.00. The maximum atomic E-state index is 12.4.